The number of phenolic OH excluding ortho intramolecular Hbond substituents is 1. The fourth-order valence-electron chi connectivity index (χ4n) is 2.02. The van der Waals surface area contributed by atoms with Crippen LogP contribution < -0.4 is 5.32 Å². The van der Waals surface area contributed by atoms with Crippen LogP contribution in [0, 0.1) is 0 Å². The molecule has 0 spiro atoms. The lowest BCUT2D eigenvalue weighted by atomic mass is 9.89. The highest BCUT2D eigenvalue weighted by molar-refractivity contribution is 6.30. The molecule has 0 heterocycles. The van der Waals surface area contributed by atoms with Gasteiger partial charge in [0.15, 0.2) is 0 Å². The average molecular weight is 270 g/mol. The molecule has 0 bridgehead atoms. The molecular formula is C14H20ClNO2. The van der Waals surface area contributed by atoms with E-state index in [0.29, 0.717) is 5.02 Å². The van der Waals surface area contributed by atoms with Crippen molar-refractivity contribution in [1.29, 1.82) is 0 Å². The van der Waals surface area contributed by atoms with E-state index < -0.39 is 0 Å². The number of aromatic hydroxyl groups is 1. The van der Waals surface area contributed by atoms with Crippen molar-refractivity contribution in [3.63, 3.8) is 0 Å². The summed E-state index contributed by atoms with van der Waals surface area (Å²) in [5.41, 5.74) is 0.0579. The number of benzene rings is 1. The molecule has 1 rings (SSSR count). The van der Waals surface area contributed by atoms with Gasteiger partial charge in [0.2, 0.25) is 0 Å². The highest BCUT2D eigenvalue weighted by Gasteiger charge is 2.27. The summed E-state index contributed by atoms with van der Waals surface area (Å²) in [4.78, 5) is 12.2. The Hall–Kier alpha value is -1.22. The van der Waals surface area contributed by atoms with E-state index >= 15 is 0 Å². The molecule has 0 saturated carbocycles. The van der Waals surface area contributed by atoms with Crippen molar-refractivity contribution in [1.82, 2.24) is 5.32 Å². The Balaban J connectivity index is 2.94. The molecule has 3 nitrogen and oxygen atoms in total. The van der Waals surface area contributed by atoms with Crippen LogP contribution in [0.25, 0.3) is 0 Å². The number of carbonyl (C=O) groups is 1. The molecule has 0 aliphatic rings. The summed E-state index contributed by atoms with van der Waals surface area (Å²) >= 11 is 5.74. The summed E-state index contributed by atoms with van der Waals surface area (Å²) in [6.45, 7) is 6.15. The SMILES string of the molecule is CCC(CC)(CC)NC(=O)c1ccc(Cl)cc1O. The highest BCUT2D eigenvalue weighted by Crippen LogP contribution is 2.24. The summed E-state index contributed by atoms with van der Waals surface area (Å²) in [6.07, 6.45) is 2.58. The number of rotatable bonds is 5. The molecule has 0 radical (unpaired) electrons. The minimum absolute atomic E-state index is 0.0859. The van der Waals surface area contributed by atoms with E-state index in [2.05, 4.69) is 26.1 Å². The lowest BCUT2D eigenvalue weighted by Gasteiger charge is -2.31. The molecule has 2 N–H and O–H groups in total. The predicted molar refractivity (Wildman–Crippen MR) is 74.2 cm³/mol. The monoisotopic (exact) mass is 269 g/mol. The second kappa shape index (κ2) is 6.10. The second-order valence-corrected chi connectivity index (χ2v) is 4.89. The lowest BCUT2D eigenvalue weighted by Crippen LogP contribution is -2.47. The minimum atomic E-state index is -0.255. The normalized spacial score (nSPS) is 11.3. The molecule has 0 aliphatic heterocycles. The molecule has 1 aromatic carbocycles. The molecule has 0 fully saturated rings. The molecule has 0 aromatic heterocycles. The van der Waals surface area contributed by atoms with Gasteiger partial charge >= 0.3 is 0 Å². The number of carbonyl (C=O) groups excluding carboxylic acids is 1. The Bertz CT molecular complexity index is 420. The fraction of sp³-hybridized carbons (Fsp3) is 0.500. The van der Waals surface area contributed by atoms with Crippen LogP contribution in [0.3, 0.4) is 0 Å². The van der Waals surface area contributed by atoms with Gasteiger partial charge in [0, 0.05) is 10.6 Å². The van der Waals surface area contributed by atoms with Crippen LogP contribution in [0.15, 0.2) is 18.2 Å². The average Bonchev–Trinajstić information content (AvgIpc) is 2.36. The van der Waals surface area contributed by atoms with Crippen LogP contribution in [0.2, 0.25) is 5.02 Å². The summed E-state index contributed by atoms with van der Waals surface area (Å²) in [6, 6.07) is 4.52. The van der Waals surface area contributed by atoms with Crippen molar-refractivity contribution in [3.05, 3.63) is 28.8 Å². The van der Waals surface area contributed by atoms with Gasteiger partial charge in [-0.25, -0.2) is 0 Å². The molecule has 1 aromatic rings. The van der Waals surface area contributed by atoms with Crippen LogP contribution >= 0.6 is 11.6 Å². The zero-order valence-corrected chi connectivity index (χ0v) is 11.8. The van der Waals surface area contributed by atoms with E-state index in [1.165, 1.54) is 6.07 Å². The Morgan fingerprint density at radius 2 is 1.83 bits per heavy atom. The zero-order valence-electron chi connectivity index (χ0n) is 11.1. The van der Waals surface area contributed by atoms with Crippen molar-refractivity contribution in [2.75, 3.05) is 0 Å². The minimum Gasteiger partial charge on any atom is -0.507 e. The zero-order chi connectivity index (χ0) is 13.8. The van der Waals surface area contributed by atoms with Crippen molar-refractivity contribution in [2.24, 2.45) is 0 Å². The van der Waals surface area contributed by atoms with E-state index in [1.54, 1.807) is 12.1 Å². The van der Waals surface area contributed by atoms with Gasteiger partial charge in [0.05, 0.1) is 5.56 Å². The lowest BCUT2D eigenvalue weighted by molar-refractivity contribution is 0.0885. The van der Waals surface area contributed by atoms with Crippen LogP contribution in [-0.2, 0) is 0 Å². The van der Waals surface area contributed by atoms with Crippen LogP contribution in [-0.4, -0.2) is 16.6 Å². The van der Waals surface area contributed by atoms with Gasteiger partial charge in [-0.1, -0.05) is 32.4 Å². The van der Waals surface area contributed by atoms with Gasteiger partial charge in [0.1, 0.15) is 5.75 Å². The number of phenols is 1. The second-order valence-electron chi connectivity index (χ2n) is 4.46. The smallest absolute Gasteiger partial charge is 0.255 e. The van der Waals surface area contributed by atoms with E-state index in [4.69, 9.17) is 11.6 Å². The third kappa shape index (κ3) is 3.16. The molecule has 100 valence electrons. The number of amides is 1. The Morgan fingerprint density at radius 1 is 1.28 bits per heavy atom. The number of hydrogen-bond acceptors (Lipinski definition) is 2. The van der Waals surface area contributed by atoms with E-state index in [0.717, 1.165) is 19.3 Å². The van der Waals surface area contributed by atoms with E-state index in [9.17, 15) is 9.90 Å². The Kier molecular flexibility index (Phi) is 5.03. The first-order valence-corrected chi connectivity index (χ1v) is 6.66. The molecule has 18 heavy (non-hydrogen) atoms. The summed E-state index contributed by atoms with van der Waals surface area (Å²) in [5.74, 6) is -0.341. The predicted octanol–water partition coefficient (Wildman–Crippen LogP) is 3.74. The summed E-state index contributed by atoms with van der Waals surface area (Å²) in [7, 11) is 0. The molecule has 0 saturated heterocycles. The van der Waals surface area contributed by atoms with E-state index in [-0.39, 0.29) is 22.8 Å². The third-order valence-electron chi connectivity index (χ3n) is 3.61. The molecule has 0 atom stereocenters. The van der Waals surface area contributed by atoms with Crippen molar-refractivity contribution >= 4 is 17.5 Å². The van der Waals surface area contributed by atoms with Gasteiger partial charge in [-0.2, -0.15) is 0 Å². The molecular weight excluding hydrogens is 250 g/mol. The van der Waals surface area contributed by atoms with Crippen LogP contribution in [0.5, 0.6) is 5.75 Å². The number of hydrogen-bond donors (Lipinski definition) is 2. The first-order chi connectivity index (χ1) is 8.48. The molecule has 0 aliphatic carbocycles. The topological polar surface area (TPSA) is 49.3 Å². The first kappa shape index (κ1) is 14.8. The van der Waals surface area contributed by atoms with Crippen molar-refractivity contribution < 1.29 is 9.90 Å². The number of nitrogens with one attached hydrogen (secondary N) is 1. The fourth-order valence-corrected chi connectivity index (χ4v) is 2.19. The standard InChI is InChI=1S/C14H20ClNO2/c1-4-14(5-2,6-3)16-13(18)11-8-7-10(15)9-12(11)17/h7-9,17H,4-6H2,1-3H3,(H,16,18). The third-order valence-corrected chi connectivity index (χ3v) is 3.85. The van der Waals surface area contributed by atoms with E-state index in [1.807, 2.05) is 0 Å². The van der Waals surface area contributed by atoms with Gasteiger partial charge in [-0.3, -0.25) is 4.79 Å². The Morgan fingerprint density at radius 3 is 2.28 bits per heavy atom. The van der Waals surface area contributed by atoms with Gasteiger partial charge in [0.25, 0.3) is 5.91 Å². The van der Waals surface area contributed by atoms with Crippen LogP contribution in [0.4, 0.5) is 0 Å². The molecule has 0 unspecified atom stereocenters. The first-order valence-electron chi connectivity index (χ1n) is 6.29. The number of halogens is 1. The van der Waals surface area contributed by atoms with Gasteiger partial charge in [-0.15, -0.1) is 0 Å². The van der Waals surface area contributed by atoms with Gasteiger partial charge in [-0.05, 0) is 37.5 Å². The van der Waals surface area contributed by atoms with Crippen molar-refractivity contribution in [3.8, 4) is 5.75 Å². The maximum absolute atomic E-state index is 12.2. The summed E-state index contributed by atoms with van der Waals surface area (Å²) in [5, 5.41) is 13.2. The largest absolute Gasteiger partial charge is 0.507 e. The molecule has 1 amide bonds. The maximum atomic E-state index is 12.2. The molecule has 4 heteroatoms. The van der Waals surface area contributed by atoms with Crippen LogP contribution in [0.1, 0.15) is 50.4 Å². The highest BCUT2D eigenvalue weighted by atomic mass is 35.5. The maximum Gasteiger partial charge on any atom is 0.255 e. The Labute approximate surface area is 113 Å². The summed E-state index contributed by atoms with van der Waals surface area (Å²) < 4.78 is 0. The van der Waals surface area contributed by atoms with Gasteiger partial charge < -0.3 is 10.4 Å². The van der Waals surface area contributed by atoms with Crippen molar-refractivity contribution in [2.45, 2.75) is 45.6 Å². The quantitative estimate of drug-likeness (QED) is 0.855.